The molecule has 2 unspecified atom stereocenters. The summed E-state index contributed by atoms with van der Waals surface area (Å²) in [5.74, 6) is 0.0818. The zero-order valence-corrected chi connectivity index (χ0v) is 18.7. The standard InChI is InChI=1S/C25H34N4O2/c1-3-27(22-11-14-29(17-22)19(2)20-9-5-4-6-10-20)18-24(30)21-15-23(26-16-21)25(31)28-12-7-8-13-28/h4-6,9-10,15-16,19,22,26H,3,7-8,11-14,17-18H2,1-2H3. The molecule has 166 valence electrons. The first kappa shape index (κ1) is 21.8. The van der Waals surface area contributed by atoms with Crippen LogP contribution in [0.15, 0.2) is 42.6 Å². The van der Waals surface area contributed by atoms with Gasteiger partial charge >= 0.3 is 0 Å². The molecule has 6 heteroatoms. The number of ketones is 1. The quantitative estimate of drug-likeness (QED) is 0.661. The molecular weight excluding hydrogens is 388 g/mol. The lowest BCUT2D eigenvalue weighted by Gasteiger charge is -2.29. The van der Waals surface area contributed by atoms with Crippen LogP contribution in [0.25, 0.3) is 0 Å². The van der Waals surface area contributed by atoms with Crippen molar-refractivity contribution in [1.29, 1.82) is 0 Å². The molecule has 2 saturated heterocycles. The number of aromatic amines is 1. The number of nitrogens with one attached hydrogen (secondary N) is 1. The van der Waals surface area contributed by atoms with E-state index in [9.17, 15) is 9.59 Å². The largest absolute Gasteiger partial charge is 0.356 e. The van der Waals surface area contributed by atoms with E-state index in [1.165, 1.54) is 5.56 Å². The van der Waals surface area contributed by atoms with Crippen LogP contribution in [0.2, 0.25) is 0 Å². The molecule has 0 aliphatic carbocycles. The predicted molar refractivity (Wildman–Crippen MR) is 122 cm³/mol. The third kappa shape index (κ3) is 4.91. The second kappa shape index (κ2) is 9.79. The lowest BCUT2D eigenvalue weighted by Crippen LogP contribution is -2.41. The van der Waals surface area contributed by atoms with Crippen molar-refractivity contribution in [1.82, 2.24) is 19.7 Å². The number of rotatable bonds is 8. The van der Waals surface area contributed by atoms with Crippen molar-refractivity contribution in [3.63, 3.8) is 0 Å². The molecule has 2 aromatic rings. The Morgan fingerprint density at radius 1 is 1.16 bits per heavy atom. The van der Waals surface area contributed by atoms with E-state index in [2.05, 4.69) is 59.0 Å². The molecule has 1 aromatic heterocycles. The number of Topliss-reactive ketones (excluding diaryl/α,β-unsaturated/α-hetero) is 1. The first-order valence-corrected chi connectivity index (χ1v) is 11.6. The molecule has 0 spiro atoms. The lowest BCUT2D eigenvalue weighted by molar-refractivity contribution is 0.0787. The Morgan fingerprint density at radius 2 is 1.90 bits per heavy atom. The molecular formula is C25H34N4O2. The maximum atomic E-state index is 13.0. The van der Waals surface area contributed by atoms with Crippen molar-refractivity contribution in [3.8, 4) is 0 Å². The Hall–Kier alpha value is -2.44. The first-order chi connectivity index (χ1) is 15.1. The highest BCUT2D eigenvalue weighted by molar-refractivity contribution is 6.01. The Bertz CT molecular complexity index is 888. The summed E-state index contributed by atoms with van der Waals surface area (Å²) in [6.07, 6.45) is 4.89. The van der Waals surface area contributed by atoms with E-state index in [0.29, 0.717) is 29.9 Å². The zero-order chi connectivity index (χ0) is 21.8. The normalized spacial score (nSPS) is 20.5. The Balaban J connectivity index is 1.35. The highest BCUT2D eigenvalue weighted by Gasteiger charge is 2.31. The van der Waals surface area contributed by atoms with Crippen molar-refractivity contribution in [2.24, 2.45) is 0 Å². The average molecular weight is 423 g/mol. The number of nitrogens with zero attached hydrogens (tertiary/aromatic N) is 3. The van der Waals surface area contributed by atoms with Crippen molar-refractivity contribution in [2.45, 2.75) is 45.2 Å². The number of amides is 1. The van der Waals surface area contributed by atoms with Gasteiger partial charge in [0.25, 0.3) is 5.91 Å². The van der Waals surface area contributed by atoms with Gasteiger partial charge in [0.05, 0.1) is 6.54 Å². The molecule has 3 heterocycles. The SMILES string of the molecule is CCN(CC(=O)c1c[nH]c(C(=O)N2CCCC2)c1)C1CCN(C(C)c2ccccc2)C1. The summed E-state index contributed by atoms with van der Waals surface area (Å²) < 4.78 is 0. The molecule has 2 fully saturated rings. The van der Waals surface area contributed by atoms with Gasteiger partial charge in [0.2, 0.25) is 0 Å². The van der Waals surface area contributed by atoms with Gasteiger partial charge in [-0.15, -0.1) is 0 Å². The van der Waals surface area contributed by atoms with Crippen LogP contribution in [0.3, 0.4) is 0 Å². The van der Waals surface area contributed by atoms with E-state index in [0.717, 1.165) is 52.0 Å². The van der Waals surface area contributed by atoms with E-state index in [1.807, 2.05) is 4.90 Å². The fourth-order valence-electron chi connectivity index (χ4n) is 4.90. The number of H-pyrrole nitrogens is 1. The number of benzene rings is 1. The molecule has 0 bridgehead atoms. The number of hydrogen-bond donors (Lipinski definition) is 1. The molecule has 0 saturated carbocycles. The van der Waals surface area contributed by atoms with Crippen molar-refractivity contribution in [3.05, 3.63) is 59.4 Å². The van der Waals surface area contributed by atoms with E-state index in [1.54, 1.807) is 12.3 Å². The van der Waals surface area contributed by atoms with Crippen LogP contribution in [-0.2, 0) is 0 Å². The van der Waals surface area contributed by atoms with Crippen LogP contribution >= 0.6 is 0 Å². The summed E-state index contributed by atoms with van der Waals surface area (Å²) in [5, 5.41) is 0. The Morgan fingerprint density at radius 3 is 2.61 bits per heavy atom. The molecule has 2 aliphatic rings. The molecule has 2 aliphatic heterocycles. The van der Waals surface area contributed by atoms with Crippen LogP contribution in [0.4, 0.5) is 0 Å². The molecule has 1 aromatic carbocycles. The lowest BCUT2D eigenvalue weighted by atomic mass is 10.1. The van der Waals surface area contributed by atoms with Crippen LogP contribution in [0.5, 0.6) is 0 Å². The minimum Gasteiger partial charge on any atom is -0.356 e. The zero-order valence-electron chi connectivity index (χ0n) is 18.7. The fraction of sp³-hybridized carbons (Fsp3) is 0.520. The second-order valence-corrected chi connectivity index (χ2v) is 8.81. The summed E-state index contributed by atoms with van der Waals surface area (Å²) >= 11 is 0. The average Bonchev–Trinajstić information content (AvgIpc) is 3.58. The summed E-state index contributed by atoms with van der Waals surface area (Å²) in [7, 11) is 0. The van der Waals surface area contributed by atoms with Crippen LogP contribution < -0.4 is 0 Å². The molecule has 31 heavy (non-hydrogen) atoms. The van der Waals surface area contributed by atoms with E-state index in [4.69, 9.17) is 0 Å². The third-order valence-electron chi connectivity index (χ3n) is 6.92. The molecule has 1 N–H and O–H groups in total. The van der Waals surface area contributed by atoms with Crippen molar-refractivity contribution >= 4 is 11.7 Å². The van der Waals surface area contributed by atoms with Gasteiger partial charge in [-0.05, 0) is 44.4 Å². The van der Waals surface area contributed by atoms with Gasteiger partial charge < -0.3 is 9.88 Å². The third-order valence-corrected chi connectivity index (χ3v) is 6.92. The summed E-state index contributed by atoms with van der Waals surface area (Å²) in [6.45, 7) is 9.26. The number of likely N-dealkylation sites (tertiary alicyclic amines) is 2. The van der Waals surface area contributed by atoms with Crippen LogP contribution in [-0.4, -0.2) is 76.7 Å². The van der Waals surface area contributed by atoms with Gasteiger partial charge in [0.15, 0.2) is 5.78 Å². The van der Waals surface area contributed by atoms with Gasteiger partial charge in [-0.2, -0.15) is 0 Å². The van der Waals surface area contributed by atoms with Gasteiger partial charge in [-0.1, -0.05) is 37.3 Å². The van der Waals surface area contributed by atoms with Gasteiger partial charge in [0.1, 0.15) is 5.69 Å². The smallest absolute Gasteiger partial charge is 0.270 e. The monoisotopic (exact) mass is 422 g/mol. The summed E-state index contributed by atoms with van der Waals surface area (Å²) in [5.41, 5.74) is 2.47. The van der Waals surface area contributed by atoms with E-state index in [-0.39, 0.29) is 11.7 Å². The number of aromatic nitrogens is 1. The second-order valence-electron chi connectivity index (χ2n) is 8.81. The van der Waals surface area contributed by atoms with Gasteiger partial charge in [-0.3, -0.25) is 19.4 Å². The number of likely N-dealkylation sites (N-methyl/N-ethyl adjacent to an activating group) is 1. The maximum Gasteiger partial charge on any atom is 0.270 e. The topological polar surface area (TPSA) is 59.7 Å². The number of carbonyl (C=O) groups is 2. The van der Waals surface area contributed by atoms with Crippen molar-refractivity contribution < 1.29 is 9.59 Å². The van der Waals surface area contributed by atoms with E-state index < -0.39 is 0 Å². The molecule has 0 radical (unpaired) electrons. The molecule has 4 rings (SSSR count). The van der Waals surface area contributed by atoms with Gasteiger partial charge in [0, 0.05) is 50.0 Å². The molecule has 6 nitrogen and oxygen atoms in total. The van der Waals surface area contributed by atoms with Crippen LogP contribution in [0.1, 0.15) is 65.6 Å². The number of hydrogen-bond acceptors (Lipinski definition) is 4. The van der Waals surface area contributed by atoms with E-state index >= 15 is 0 Å². The summed E-state index contributed by atoms with van der Waals surface area (Å²) in [6, 6.07) is 13.1. The Labute approximate surface area is 185 Å². The minimum absolute atomic E-state index is 0.00484. The maximum absolute atomic E-state index is 13.0. The predicted octanol–water partition coefficient (Wildman–Crippen LogP) is 3.59. The van der Waals surface area contributed by atoms with Crippen molar-refractivity contribution in [2.75, 3.05) is 39.3 Å². The first-order valence-electron chi connectivity index (χ1n) is 11.6. The van der Waals surface area contributed by atoms with Gasteiger partial charge in [-0.25, -0.2) is 0 Å². The fourth-order valence-corrected chi connectivity index (χ4v) is 4.90. The molecule has 1 amide bonds. The highest BCUT2D eigenvalue weighted by Crippen LogP contribution is 2.26. The molecule has 2 atom stereocenters. The Kier molecular flexibility index (Phi) is 6.88. The van der Waals surface area contributed by atoms with Crippen LogP contribution in [0, 0.1) is 0 Å². The minimum atomic E-state index is 0.00484. The number of carbonyl (C=O) groups excluding carboxylic acids is 2. The summed E-state index contributed by atoms with van der Waals surface area (Å²) in [4.78, 5) is 35.2. The highest BCUT2D eigenvalue weighted by atomic mass is 16.2.